The van der Waals surface area contributed by atoms with Gasteiger partial charge in [0.25, 0.3) is 0 Å². The van der Waals surface area contributed by atoms with E-state index in [1.165, 1.54) is 11.1 Å². The Balaban J connectivity index is 2.61. The van der Waals surface area contributed by atoms with Crippen molar-refractivity contribution in [3.8, 4) is 11.1 Å². The fourth-order valence-electron chi connectivity index (χ4n) is 1.44. The van der Waals surface area contributed by atoms with Crippen molar-refractivity contribution < 1.29 is 0 Å². The third-order valence-electron chi connectivity index (χ3n) is 2.14. The Hall–Kier alpha value is -1.13. The summed E-state index contributed by atoms with van der Waals surface area (Å²) in [6, 6.07) is 16.4. The minimum Gasteiger partial charge on any atom is -0.0632 e. The van der Waals surface area contributed by atoms with Gasteiger partial charge in [0.15, 0.2) is 0 Å². The average molecular weight is 208 g/mol. The predicted octanol–water partition coefficient (Wildman–Crippen LogP) is 0.941. The van der Waals surface area contributed by atoms with Crippen molar-refractivity contribution in [1.82, 2.24) is 0 Å². The van der Waals surface area contributed by atoms with Gasteiger partial charge in [-0.3, -0.25) is 0 Å². The van der Waals surface area contributed by atoms with Crippen molar-refractivity contribution >= 4 is 30.9 Å². The molecule has 6 radical (unpaired) electrons. The van der Waals surface area contributed by atoms with Gasteiger partial charge < -0.3 is 0 Å². The molecule has 0 nitrogen and oxygen atoms in total. The van der Waals surface area contributed by atoms with E-state index in [9.17, 15) is 0 Å². The molecule has 0 atom stereocenters. The molecule has 0 N–H and O–H groups in total. The van der Waals surface area contributed by atoms with E-state index in [0.717, 1.165) is 10.4 Å². The molecule has 0 aromatic heterocycles. The molecular formula is C12H8Si2. The highest BCUT2D eigenvalue weighted by atomic mass is 28.1. The summed E-state index contributed by atoms with van der Waals surface area (Å²) >= 11 is 0. The van der Waals surface area contributed by atoms with Crippen LogP contribution in [-0.2, 0) is 0 Å². The van der Waals surface area contributed by atoms with Gasteiger partial charge in [-0.25, -0.2) is 0 Å². The Morgan fingerprint density at radius 1 is 0.571 bits per heavy atom. The summed E-state index contributed by atoms with van der Waals surface area (Å²) in [6.45, 7) is 0. The minimum atomic E-state index is 1.11. The molecule has 0 amide bonds. The fourth-order valence-corrected chi connectivity index (χ4v) is 2.06. The third-order valence-corrected chi connectivity index (χ3v) is 3.02. The number of hydrogen-bond donors (Lipinski definition) is 0. The molecule has 0 saturated heterocycles. The summed E-state index contributed by atoms with van der Waals surface area (Å²) in [4.78, 5) is 0. The summed E-state index contributed by atoms with van der Waals surface area (Å²) in [5, 5.41) is 2.22. The molecule has 0 aliphatic rings. The van der Waals surface area contributed by atoms with Crippen molar-refractivity contribution in [2.75, 3.05) is 0 Å². The maximum absolute atomic E-state index is 3.60. The van der Waals surface area contributed by atoms with E-state index in [0.29, 0.717) is 0 Å². The summed E-state index contributed by atoms with van der Waals surface area (Å²) in [5.41, 5.74) is 2.41. The topological polar surface area (TPSA) is 0 Å². The first-order chi connectivity index (χ1) is 6.79. The van der Waals surface area contributed by atoms with Gasteiger partial charge in [-0.2, -0.15) is 0 Å². The Kier molecular flexibility index (Phi) is 2.65. The second-order valence-corrected chi connectivity index (χ2v) is 4.17. The summed E-state index contributed by atoms with van der Waals surface area (Å²) in [7, 11) is 7.20. The fraction of sp³-hybridized carbons (Fsp3) is 0. The van der Waals surface area contributed by atoms with Gasteiger partial charge in [0.2, 0.25) is 0 Å². The Bertz CT molecular complexity index is 406. The first-order valence-electron chi connectivity index (χ1n) is 4.40. The van der Waals surface area contributed by atoms with Gasteiger partial charge in [-0.05, 0) is 11.1 Å². The molecular weight excluding hydrogens is 200 g/mol. The van der Waals surface area contributed by atoms with Crippen molar-refractivity contribution in [3.05, 3.63) is 48.5 Å². The molecule has 0 saturated carbocycles. The third kappa shape index (κ3) is 1.71. The molecule has 0 unspecified atom stereocenters. The molecule has 0 heterocycles. The lowest BCUT2D eigenvalue weighted by molar-refractivity contribution is 1.68. The van der Waals surface area contributed by atoms with Gasteiger partial charge in [0.1, 0.15) is 0 Å². The maximum Gasteiger partial charge on any atom is 0.0720 e. The zero-order chi connectivity index (χ0) is 9.97. The monoisotopic (exact) mass is 208 g/mol. The molecule has 0 aliphatic carbocycles. The van der Waals surface area contributed by atoms with Crippen LogP contribution >= 0.6 is 0 Å². The quantitative estimate of drug-likeness (QED) is 0.612. The van der Waals surface area contributed by atoms with Gasteiger partial charge in [0, 0.05) is 0 Å². The second-order valence-electron chi connectivity index (χ2n) is 3.09. The highest BCUT2D eigenvalue weighted by Gasteiger charge is 2.02. The van der Waals surface area contributed by atoms with Crippen LogP contribution in [0.3, 0.4) is 0 Å². The lowest BCUT2D eigenvalue weighted by atomic mass is 10.1. The molecule has 2 rings (SSSR count). The summed E-state index contributed by atoms with van der Waals surface area (Å²) in [6.07, 6.45) is 0. The van der Waals surface area contributed by atoms with Crippen molar-refractivity contribution in [3.63, 3.8) is 0 Å². The van der Waals surface area contributed by atoms with E-state index in [1.54, 1.807) is 0 Å². The van der Waals surface area contributed by atoms with Crippen LogP contribution in [0.4, 0.5) is 0 Å². The molecule has 0 spiro atoms. The van der Waals surface area contributed by atoms with Crippen molar-refractivity contribution in [1.29, 1.82) is 0 Å². The zero-order valence-corrected chi connectivity index (χ0v) is 9.62. The molecule has 2 aromatic carbocycles. The normalized spacial score (nSPS) is 10.1. The van der Waals surface area contributed by atoms with Crippen LogP contribution in [0.15, 0.2) is 48.5 Å². The summed E-state index contributed by atoms with van der Waals surface area (Å²) < 4.78 is 0. The minimum absolute atomic E-state index is 1.11. The van der Waals surface area contributed by atoms with Crippen molar-refractivity contribution in [2.24, 2.45) is 0 Å². The smallest absolute Gasteiger partial charge is 0.0632 e. The van der Waals surface area contributed by atoms with Gasteiger partial charge >= 0.3 is 0 Å². The Labute approximate surface area is 90.8 Å². The van der Waals surface area contributed by atoms with Crippen LogP contribution in [-0.4, -0.2) is 20.5 Å². The standard InChI is InChI=1S/C12H8Si2/c13-11-7-3-1-5-9(11)10-6-2-4-8-12(10)14/h1-8H. The molecule has 2 heteroatoms. The molecule has 14 heavy (non-hydrogen) atoms. The van der Waals surface area contributed by atoms with Crippen molar-refractivity contribution in [2.45, 2.75) is 0 Å². The average Bonchev–Trinajstić information content (AvgIpc) is 2.20. The largest absolute Gasteiger partial charge is 0.0720 e. The lowest BCUT2D eigenvalue weighted by Crippen LogP contribution is -2.12. The maximum atomic E-state index is 3.60. The van der Waals surface area contributed by atoms with Crippen LogP contribution in [0, 0.1) is 0 Å². The molecule has 64 valence electrons. The van der Waals surface area contributed by atoms with Crippen LogP contribution in [0.5, 0.6) is 0 Å². The molecule has 0 bridgehead atoms. The van der Waals surface area contributed by atoms with Crippen LogP contribution < -0.4 is 10.4 Å². The SMILES string of the molecule is [Si]c1ccccc1-c1ccccc1[Si]. The summed E-state index contributed by atoms with van der Waals surface area (Å²) in [5.74, 6) is 0. The molecule has 0 fully saturated rings. The Morgan fingerprint density at radius 2 is 0.929 bits per heavy atom. The number of benzene rings is 2. The van der Waals surface area contributed by atoms with E-state index in [1.807, 2.05) is 36.4 Å². The van der Waals surface area contributed by atoms with Crippen LogP contribution in [0.2, 0.25) is 0 Å². The zero-order valence-electron chi connectivity index (χ0n) is 7.62. The predicted molar refractivity (Wildman–Crippen MR) is 62.7 cm³/mol. The second kappa shape index (κ2) is 3.94. The molecule has 0 aliphatic heterocycles. The van der Waals surface area contributed by atoms with E-state index < -0.39 is 0 Å². The lowest BCUT2D eigenvalue weighted by Gasteiger charge is -2.08. The highest BCUT2D eigenvalue weighted by Crippen LogP contribution is 2.12. The molecule has 2 aromatic rings. The first kappa shape index (κ1) is 9.43. The number of rotatable bonds is 1. The van der Waals surface area contributed by atoms with E-state index >= 15 is 0 Å². The number of hydrogen-bond acceptors (Lipinski definition) is 0. The Morgan fingerprint density at radius 3 is 1.29 bits per heavy atom. The van der Waals surface area contributed by atoms with Crippen LogP contribution in [0.25, 0.3) is 11.1 Å². The van der Waals surface area contributed by atoms with E-state index in [2.05, 4.69) is 32.6 Å². The van der Waals surface area contributed by atoms with Gasteiger partial charge in [-0.1, -0.05) is 58.9 Å². The van der Waals surface area contributed by atoms with Gasteiger partial charge in [-0.15, -0.1) is 0 Å². The van der Waals surface area contributed by atoms with E-state index in [-0.39, 0.29) is 0 Å². The van der Waals surface area contributed by atoms with Gasteiger partial charge in [0.05, 0.1) is 20.5 Å². The van der Waals surface area contributed by atoms with Crippen LogP contribution in [0.1, 0.15) is 0 Å². The first-order valence-corrected chi connectivity index (χ1v) is 5.40. The van der Waals surface area contributed by atoms with E-state index in [4.69, 9.17) is 0 Å². The highest BCUT2D eigenvalue weighted by molar-refractivity contribution is 6.40.